The number of nitrogens with one attached hydrogen (secondary N) is 1. The van der Waals surface area contributed by atoms with Gasteiger partial charge in [0.1, 0.15) is 45.4 Å². The van der Waals surface area contributed by atoms with Crippen molar-refractivity contribution < 1.29 is 173 Å². The summed E-state index contributed by atoms with van der Waals surface area (Å²) in [6, 6.07) is 17.0. The average Bonchev–Trinajstić information content (AvgIpc) is 3.75. The van der Waals surface area contributed by atoms with Crippen molar-refractivity contribution in [2.24, 2.45) is 0 Å². The maximum absolute atomic E-state index is 13.2. The average molecular weight is 1180 g/mol. The van der Waals surface area contributed by atoms with E-state index in [1.807, 2.05) is 4.93 Å². The summed E-state index contributed by atoms with van der Waals surface area (Å²) in [6.45, 7) is -0.181. The van der Waals surface area contributed by atoms with Crippen LogP contribution in [0.1, 0.15) is 22.1 Å². The fourth-order valence-electron chi connectivity index (χ4n) is 5.14. The van der Waals surface area contributed by atoms with Crippen LogP contribution < -0.4 is 117 Å². The topological polar surface area (TPSA) is 212 Å². The molecule has 24 heteroatoms. The molecule has 0 unspecified atom stereocenters. The number of esters is 2. The van der Waals surface area contributed by atoms with E-state index in [1.165, 1.54) is 81.9 Å². The van der Waals surface area contributed by atoms with Crippen LogP contribution in [0.15, 0.2) is 90.6 Å². The van der Waals surface area contributed by atoms with Crippen LogP contribution in [0.3, 0.4) is 0 Å². The van der Waals surface area contributed by atoms with Gasteiger partial charge in [-0.05, 0) is 97.5 Å². The minimum Gasteiger partial charge on any atom is -1.00 e. The molecule has 2 aromatic heterocycles. The van der Waals surface area contributed by atoms with E-state index < -0.39 is 43.6 Å². The van der Waals surface area contributed by atoms with E-state index in [0.717, 1.165) is 16.8 Å². The number of methoxy groups -OCH3 is 2. The van der Waals surface area contributed by atoms with Crippen molar-refractivity contribution in [2.45, 2.75) is 0 Å². The smallest absolute Gasteiger partial charge is 1.00 e. The molecule has 0 bridgehead atoms. The van der Waals surface area contributed by atoms with E-state index in [4.69, 9.17) is 28.4 Å². The molecule has 15 nitrogen and oxygen atoms in total. The summed E-state index contributed by atoms with van der Waals surface area (Å²) in [4.78, 5) is 37.9. The number of ether oxygens (including phenoxy) is 2. The number of fused-ring (bicyclic) bond motifs is 2. The molecule has 6 rings (SSSR count). The van der Waals surface area contributed by atoms with Crippen molar-refractivity contribution in [1.82, 2.24) is 0 Å². The first-order valence-electron chi connectivity index (χ1n) is 16.0. The Hall–Kier alpha value is -1.35. The maximum Gasteiger partial charge on any atom is 1.00 e. The zero-order valence-electron chi connectivity index (χ0n) is 34.5. The van der Waals surface area contributed by atoms with E-state index in [9.17, 15) is 35.2 Å². The van der Waals surface area contributed by atoms with E-state index in [1.54, 1.807) is 12.1 Å². The minimum atomic E-state index is -3.50. The maximum atomic E-state index is 13.2. The number of hydrogen-bond donors (Lipinski definition) is 1. The van der Waals surface area contributed by atoms with Gasteiger partial charge in [0.05, 0.1) is 38.1 Å². The number of anilines is 2. The summed E-state index contributed by atoms with van der Waals surface area (Å²) in [6.07, 6.45) is 2.10. The van der Waals surface area contributed by atoms with Crippen LogP contribution in [-0.2, 0) is 39.2 Å². The quantitative estimate of drug-likeness (QED) is 0.0418. The number of benzene rings is 4. The SMILES string of the molecule is CI.COC(=O)c1c(-c2ccc(F)cc2)oc2cc(N(C)S(C)(=O)=O)c(Br)cc12.COC(=O)c1c(-c2ccc(F)cc2)oc2cc(NS(C)(=O)=O)c(Br)cc12.O=CO[O-].[H-].[K+].[K+]. The van der Waals surface area contributed by atoms with Crippen molar-refractivity contribution in [2.75, 3.05) is 47.7 Å². The molecule has 6 aromatic rings. The third-order valence-electron chi connectivity index (χ3n) is 7.70. The summed E-state index contributed by atoms with van der Waals surface area (Å²) in [5, 5.41) is 9.31. The number of rotatable bonds is 9. The van der Waals surface area contributed by atoms with Crippen LogP contribution in [0, 0.1) is 11.6 Å². The van der Waals surface area contributed by atoms with Gasteiger partial charge in [0, 0.05) is 50.0 Å². The number of carbonyl (C=O) groups excluding carboxylic acids is 3. The molecule has 0 atom stereocenters. The zero-order chi connectivity index (χ0) is 44.4. The van der Waals surface area contributed by atoms with Crippen LogP contribution >= 0.6 is 54.5 Å². The molecule has 318 valence electrons. The van der Waals surface area contributed by atoms with Gasteiger partial charge in [-0.15, -0.1) is 0 Å². The Bertz CT molecular complexity index is 2710. The molecular formula is C37H33Br2F2IK2N2O13S2. The summed E-state index contributed by atoms with van der Waals surface area (Å²) < 4.78 is 98.8. The second kappa shape index (κ2) is 26.0. The third-order valence-corrected chi connectivity index (χ3v) is 10.8. The van der Waals surface area contributed by atoms with E-state index >= 15 is 0 Å². The molecule has 0 fully saturated rings. The molecule has 4 aromatic carbocycles. The molecule has 0 aliphatic heterocycles. The van der Waals surface area contributed by atoms with Gasteiger partial charge in [-0.3, -0.25) is 13.8 Å². The normalized spacial score (nSPS) is 10.5. The van der Waals surface area contributed by atoms with Gasteiger partial charge < -0.3 is 29.9 Å². The number of halogens is 5. The van der Waals surface area contributed by atoms with Gasteiger partial charge in [0.15, 0.2) is 0 Å². The van der Waals surface area contributed by atoms with Gasteiger partial charge in [0.2, 0.25) is 20.0 Å². The van der Waals surface area contributed by atoms with Crippen molar-refractivity contribution in [3.8, 4) is 22.6 Å². The molecule has 0 amide bonds. The number of alkyl halides is 1. The van der Waals surface area contributed by atoms with Crippen molar-refractivity contribution >= 4 is 126 Å². The van der Waals surface area contributed by atoms with Crippen LogP contribution in [0.25, 0.3) is 44.6 Å². The number of nitrogens with zero attached hydrogens (tertiary/aromatic N) is 1. The van der Waals surface area contributed by atoms with Crippen molar-refractivity contribution in [3.63, 3.8) is 0 Å². The monoisotopic (exact) mass is 1180 g/mol. The van der Waals surface area contributed by atoms with E-state index in [2.05, 4.69) is 64.1 Å². The van der Waals surface area contributed by atoms with Crippen LogP contribution in [0.5, 0.6) is 0 Å². The summed E-state index contributed by atoms with van der Waals surface area (Å²) in [5.74, 6) is -1.68. The standard InChI is InChI=1S/C18H15BrFNO5S.C17H13BrFNO5S.CH3I.CH2O3.2K.H/c1-21(27(3,23)24)14-9-15-12(8-13(14)19)16(18(22)25-2)17(26-15)10-4-6-11(20)7-5-10;1-24-17(21)15-11-7-12(18)13(20-26(2,22)23)8-14(11)25-16(15)9-3-5-10(19)6-4-9;1-2;2-1-4-3;;;/h4-9H,1-3H3;3-8,20H,1-2H3;1H3;1,3H;;;/q;;;;2*+1;-1/p-1. The summed E-state index contributed by atoms with van der Waals surface area (Å²) >= 11 is 8.77. The van der Waals surface area contributed by atoms with Crippen LogP contribution in [0.2, 0.25) is 0 Å². The van der Waals surface area contributed by atoms with Gasteiger partial charge in [-0.2, -0.15) is 0 Å². The third kappa shape index (κ3) is 15.4. The number of carbonyl (C=O) groups is 3. The minimum absolute atomic E-state index is 0. The molecule has 2 heterocycles. The Kier molecular flexibility index (Phi) is 24.5. The molecule has 0 spiro atoms. The van der Waals surface area contributed by atoms with E-state index in [-0.39, 0.29) is 145 Å². The second-order valence-corrected chi connectivity index (χ2v) is 17.0. The largest absolute Gasteiger partial charge is 1.00 e. The Labute approximate surface area is 466 Å². The van der Waals surface area contributed by atoms with Gasteiger partial charge >= 0.3 is 115 Å². The van der Waals surface area contributed by atoms with Crippen LogP contribution in [-0.4, -0.2) is 74.0 Å². The number of furan rings is 2. The van der Waals surface area contributed by atoms with Crippen molar-refractivity contribution in [3.05, 3.63) is 105 Å². The zero-order valence-corrected chi connectivity index (χ0v) is 46.7. The molecule has 0 radical (unpaired) electrons. The molecule has 1 N–H and O–H groups in total. The Morgan fingerprint density at radius 3 is 1.49 bits per heavy atom. The summed E-state index contributed by atoms with van der Waals surface area (Å²) in [7, 11) is -3.11. The number of sulfonamides is 2. The Balaban J connectivity index is 0.00000102. The van der Waals surface area contributed by atoms with Crippen LogP contribution in [0.4, 0.5) is 20.2 Å². The first kappa shape index (κ1) is 57.7. The van der Waals surface area contributed by atoms with Gasteiger partial charge in [-0.25, -0.2) is 35.2 Å². The predicted octanol–water partition coefficient (Wildman–Crippen LogP) is 1.95. The molecule has 61 heavy (non-hydrogen) atoms. The predicted molar refractivity (Wildman–Crippen MR) is 231 cm³/mol. The van der Waals surface area contributed by atoms with Gasteiger partial charge in [0.25, 0.3) is 6.47 Å². The fourth-order valence-corrected chi connectivity index (χ4v) is 7.52. The first-order chi connectivity index (χ1) is 27.7. The Morgan fingerprint density at radius 1 is 0.770 bits per heavy atom. The van der Waals surface area contributed by atoms with Gasteiger partial charge in [-0.1, -0.05) is 22.6 Å². The molecule has 0 saturated carbocycles. The Morgan fingerprint density at radius 2 is 1.15 bits per heavy atom. The molecule has 0 aliphatic rings. The van der Waals surface area contributed by atoms with Crippen molar-refractivity contribution in [1.29, 1.82) is 0 Å². The fraction of sp³-hybridized carbons (Fsp3) is 0.162. The number of hydrogen-bond acceptors (Lipinski definition) is 13. The second-order valence-electron chi connectivity index (χ2n) is 11.5. The molecule has 0 saturated heterocycles. The first-order valence-corrected chi connectivity index (χ1v) is 23.4. The molecular weight excluding hydrogens is 1150 g/mol. The summed E-state index contributed by atoms with van der Waals surface area (Å²) in [5.41, 5.74) is 2.49. The molecule has 0 aliphatic carbocycles. The van der Waals surface area contributed by atoms with E-state index in [0.29, 0.717) is 42.1 Å².